The van der Waals surface area contributed by atoms with E-state index in [9.17, 15) is 0 Å². The summed E-state index contributed by atoms with van der Waals surface area (Å²) in [4.78, 5) is 6.44. The fourth-order valence-electron chi connectivity index (χ4n) is 1.96. The zero-order valence-corrected chi connectivity index (χ0v) is 12.2. The van der Waals surface area contributed by atoms with E-state index in [1.807, 2.05) is 62.2 Å². The number of nitrogens with two attached hydrogens (primary N) is 1. The molecule has 0 aliphatic carbocycles. The van der Waals surface area contributed by atoms with E-state index in [2.05, 4.69) is 4.98 Å². The van der Waals surface area contributed by atoms with Gasteiger partial charge >= 0.3 is 0 Å². The van der Waals surface area contributed by atoms with E-state index in [0.29, 0.717) is 6.54 Å². The average Bonchev–Trinajstić information content (AvgIpc) is 2.46. The molecule has 1 heterocycles. The molecule has 1 aromatic heterocycles. The predicted molar refractivity (Wildman–Crippen MR) is 82.4 cm³/mol. The number of aromatic nitrogens is 1. The fraction of sp³-hybridized carbons (Fsp3) is 0.312. The summed E-state index contributed by atoms with van der Waals surface area (Å²) in [5, 5.41) is 0. The molecule has 4 heteroatoms. The maximum absolute atomic E-state index is 5.81. The highest BCUT2D eigenvalue weighted by Crippen LogP contribution is 2.30. The summed E-state index contributed by atoms with van der Waals surface area (Å²) in [6.45, 7) is 4.56. The van der Waals surface area contributed by atoms with Crippen molar-refractivity contribution in [3.05, 3.63) is 48.2 Å². The molecular formula is C16H21N3O. The standard InChI is InChI=1S/C16H21N3O/c1-12(2)20-15-5-4-10-18-16(15)19(3)14-8-6-13(11-17)7-9-14/h4-10,12H,11,17H2,1-3H3. The van der Waals surface area contributed by atoms with Crippen LogP contribution in [0.5, 0.6) is 5.75 Å². The van der Waals surface area contributed by atoms with Crippen LogP contribution in [0.25, 0.3) is 0 Å². The molecule has 0 atom stereocenters. The van der Waals surface area contributed by atoms with Gasteiger partial charge in [-0.15, -0.1) is 0 Å². The molecule has 106 valence electrons. The van der Waals surface area contributed by atoms with Gasteiger partial charge in [-0.1, -0.05) is 12.1 Å². The molecule has 1 aromatic carbocycles. The normalized spacial score (nSPS) is 10.7. The maximum Gasteiger partial charge on any atom is 0.175 e. The van der Waals surface area contributed by atoms with Gasteiger partial charge in [0.1, 0.15) is 0 Å². The summed E-state index contributed by atoms with van der Waals surface area (Å²) in [7, 11) is 1.98. The van der Waals surface area contributed by atoms with E-state index in [-0.39, 0.29) is 6.10 Å². The Morgan fingerprint density at radius 2 is 1.90 bits per heavy atom. The van der Waals surface area contributed by atoms with Crippen LogP contribution in [-0.2, 0) is 6.54 Å². The lowest BCUT2D eigenvalue weighted by atomic mass is 10.2. The molecular weight excluding hydrogens is 250 g/mol. The SMILES string of the molecule is CC(C)Oc1cccnc1N(C)c1ccc(CN)cc1. The summed E-state index contributed by atoms with van der Waals surface area (Å²) in [6.07, 6.45) is 1.89. The number of hydrogen-bond acceptors (Lipinski definition) is 4. The van der Waals surface area contributed by atoms with Crippen molar-refractivity contribution in [2.75, 3.05) is 11.9 Å². The van der Waals surface area contributed by atoms with E-state index < -0.39 is 0 Å². The van der Waals surface area contributed by atoms with Crippen LogP contribution in [0.3, 0.4) is 0 Å². The van der Waals surface area contributed by atoms with Gasteiger partial charge in [0.15, 0.2) is 11.6 Å². The number of ether oxygens (including phenoxy) is 1. The number of hydrogen-bond donors (Lipinski definition) is 1. The Kier molecular flexibility index (Phi) is 4.58. The largest absolute Gasteiger partial charge is 0.487 e. The van der Waals surface area contributed by atoms with E-state index in [0.717, 1.165) is 22.8 Å². The molecule has 0 aliphatic heterocycles. The Bertz CT molecular complexity index is 552. The Hall–Kier alpha value is -2.07. The first kappa shape index (κ1) is 14.3. The minimum Gasteiger partial charge on any atom is -0.487 e. The van der Waals surface area contributed by atoms with Crippen LogP contribution in [0.4, 0.5) is 11.5 Å². The molecule has 0 amide bonds. The highest BCUT2D eigenvalue weighted by Gasteiger charge is 2.12. The molecule has 4 nitrogen and oxygen atoms in total. The molecule has 0 spiro atoms. The van der Waals surface area contributed by atoms with Gasteiger partial charge in [0.2, 0.25) is 0 Å². The summed E-state index contributed by atoms with van der Waals surface area (Å²) in [6, 6.07) is 11.9. The van der Waals surface area contributed by atoms with Crippen LogP contribution < -0.4 is 15.4 Å². The first-order valence-electron chi connectivity index (χ1n) is 6.76. The lowest BCUT2D eigenvalue weighted by Crippen LogP contribution is -2.15. The van der Waals surface area contributed by atoms with Gasteiger partial charge in [-0.3, -0.25) is 0 Å². The van der Waals surface area contributed by atoms with Crippen molar-refractivity contribution < 1.29 is 4.74 Å². The van der Waals surface area contributed by atoms with Crippen molar-refractivity contribution in [2.45, 2.75) is 26.5 Å². The second-order valence-corrected chi connectivity index (χ2v) is 4.92. The van der Waals surface area contributed by atoms with Crippen LogP contribution in [0, 0.1) is 0 Å². The quantitative estimate of drug-likeness (QED) is 0.908. The summed E-state index contributed by atoms with van der Waals surface area (Å²) < 4.78 is 5.81. The Balaban J connectivity index is 2.29. The van der Waals surface area contributed by atoms with Gasteiger partial charge in [-0.05, 0) is 43.7 Å². The summed E-state index contributed by atoms with van der Waals surface area (Å²) in [5.41, 5.74) is 7.78. The molecule has 0 radical (unpaired) electrons. The van der Waals surface area contributed by atoms with E-state index in [4.69, 9.17) is 10.5 Å². The highest BCUT2D eigenvalue weighted by atomic mass is 16.5. The second kappa shape index (κ2) is 6.39. The lowest BCUT2D eigenvalue weighted by Gasteiger charge is -2.22. The number of benzene rings is 1. The van der Waals surface area contributed by atoms with Crippen LogP contribution in [0.2, 0.25) is 0 Å². The van der Waals surface area contributed by atoms with Crippen LogP contribution in [-0.4, -0.2) is 18.1 Å². The van der Waals surface area contributed by atoms with Gasteiger partial charge in [-0.2, -0.15) is 0 Å². The number of nitrogens with zero attached hydrogens (tertiary/aromatic N) is 2. The van der Waals surface area contributed by atoms with Crippen molar-refractivity contribution in [1.82, 2.24) is 4.98 Å². The molecule has 0 unspecified atom stereocenters. The number of pyridine rings is 1. The molecule has 0 saturated heterocycles. The summed E-state index contributed by atoms with van der Waals surface area (Å²) >= 11 is 0. The minimum atomic E-state index is 0.117. The average molecular weight is 271 g/mol. The zero-order valence-electron chi connectivity index (χ0n) is 12.2. The van der Waals surface area contributed by atoms with Gasteiger partial charge in [0, 0.05) is 25.5 Å². The van der Waals surface area contributed by atoms with Crippen LogP contribution in [0.1, 0.15) is 19.4 Å². The molecule has 20 heavy (non-hydrogen) atoms. The van der Waals surface area contributed by atoms with E-state index >= 15 is 0 Å². The first-order chi connectivity index (χ1) is 9.61. The third-order valence-corrected chi connectivity index (χ3v) is 2.99. The van der Waals surface area contributed by atoms with Crippen LogP contribution in [0.15, 0.2) is 42.6 Å². The van der Waals surface area contributed by atoms with Gasteiger partial charge in [0.05, 0.1) is 6.10 Å². The Morgan fingerprint density at radius 1 is 1.20 bits per heavy atom. The molecule has 0 fully saturated rings. The van der Waals surface area contributed by atoms with Crippen molar-refractivity contribution in [1.29, 1.82) is 0 Å². The molecule has 0 saturated carbocycles. The molecule has 2 rings (SSSR count). The fourth-order valence-corrected chi connectivity index (χ4v) is 1.96. The monoisotopic (exact) mass is 271 g/mol. The predicted octanol–water partition coefficient (Wildman–Crippen LogP) is 3.10. The summed E-state index contributed by atoms with van der Waals surface area (Å²) in [5.74, 6) is 1.59. The van der Waals surface area contributed by atoms with E-state index in [1.54, 1.807) is 6.20 Å². The first-order valence-corrected chi connectivity index (χ1v) is 6.76. The minimum absolute atomic E-state index is 0.117. The van der Waals surface area contributed by atoms with Gasteiger partial charge in [-0.25, -0.2) is 4.98 Å². The third-order valence-electron chi connectivity index (χ3n) is 2.99. The van der Waals surface area contributed by atoms with Crippen molar-refractivity contribution in [2.24, 2.45) is 5.73 Å². The molecule has 0 aliphatic rings. The maximum atomic E-state index is 5.81. The number of anilines is 2. The van der Waals surface area contributed by atoms with Crippen molar-refractivity contribution in [3.63, 3.8) is 0 Å². The molecule has 2 N–H and O–H groups in total. The van der Waals surface area contributed by atoms with Crippen LogP contribution >= 0.6 is 0 Å². The Labute approximate surface area is 120 Å². The topological polar surface area (TPSA) is 51.4 Å². The Morgan fingerprint density at radius 3 is 2.50 bits per heavy atom. The van der Waals surface area contributed by atoms with Crippen molar-refractivity contribution in [3.8, 4) is 5.75 Å². The smallest absolute Gasteiger partial charge is 0.175 e. The van der Waals surface area contributed by atoms with Crippen molar-refractivity contribution >= 4 is 11.5 Å². The zero-order chi connectivity index (χ0) is 14.5. The molecule has 0 bridgehead atoms. The number of rotatable bonds is 5. The highest BCUT2D eigenvalue weighted by molar-refractivity contribution is 5.64. The van der Waals surface area contributed by atoms with Gasteiger partial charge < -0.3 is 15.4 Å². The lowest BCUT2D eigenvalue weighted by molar-refractivity contribution is 0.242. The molecule has 2 aromatic rings. The second-order valence-electron chi connectivity index (χ2n) is 4.92. The third kappa shape index (κ3) is 3.27. The van der Waals surface area contributed by atoms with Gasteiger partial charge in [0.25, 0.3) is 0 Å². The van der Waals surface area contributed by atoms with E-state index in [1.165, 1.54) is 0 Å².